The molecule has 0 saturated carbocycles. The minimum atomic E-state index is 0.702. The van der Waals surface area contributed by atoms with E-state index < -0.39 is 0 Å². The van der Waals surface area contributed by atoms with Crippen molar-refractivity contribution in [1.82, 2.24) is 0 Å². The van der Waals surface area contributed by atoms with Crippen LogP contribution in [0.2, 0.25) is 0 Å². The Morgan fingerprint density at radius 2 is 2.00 bits per heavy atom. The molecule has 0 aromatic heterocycles. The maximum absolute atomic E-state index is 10.1. The molecular formula is C11H21O. The molecule has 1 radical (unpaired) electrons. The van der Waals surface area contributed by atoms with Crippen LogP contribution in [0.25, 0.3) is 0 Å². The quantitative estimate of drug-likeness (QED) is 0.534. The van der Waals surface area contributed by atoms with Gasteiger partial charge in [-0.3, -0.25) is 0 Å². The normalized spacial score (nSPS) is 11.1. The van der Waals surface area contributed by atoms with Gasteiger partial charge >= 0.3 is 0 Å². The molecule has 0 fully saturated rings. The molecule has 0 spiro atoms. The first-order valence-electron chi connectivity index (χ1n) is 4.91. The summed E-state index contributed by atoms with van der Waals surface area (Å²) in [6.45, 7) is 6.66. The maximum atomic E-state index is 10.1. The van der Waals surface area contributed by atoms with Crippen molar-refractivity contribution in [2.75, 3.05) is 0 Å². The summed E-state index contributed by atoms with van der Waals surface area (Å²) in [6, 6.07) is 0. The van der Waals surface area contributed by atoms with Crippen molar-refractivity contribution in [3.05, 3.63) is 5.92 Å². The molecule has 0 rings (SSSR count). The van der Waals surface area contributed by atoms with Gasteiger partial charge in [-0.05, 0) is 24.7 Å². The molecule has 0 aromatic carbocycles. The minimum absolute atomic E-state index is 0.702. The van der Waals surface area contributed by atoms with Crippen molar-refractivity contribution in [1.29, 1.82) is 0 Å². The highest BCUT2D eigenvalue weighted by Gasteiger charge is 2.02. The van der Waals surface area contributed by atoms with E-state index >= 15 is 0 Å². The SMILES string of the molecule is C[C](CCC=O)CCCC(C)C. The zero-order valence-electron chi connectivity index (χ0n) is 8.60. The van der Waals surface area contributed by atoms with Crippen LogP contribution < -0.4 is 0 Å². The van der Waals surface area contributed by atoms with Crippen molar-refractivity contribution in [2.45, 2.75) is 52.9 Å². The van der Waals surface area contributed by atoms with Crippen LogP contribution in [0, 0.1) is 11.8 Å². The predicted molar refractivity (Wildman–Crippen MR) is 52.9 cm³/mol. The lowest BCUT2D eigenvalue weighted by Crippen LogP contribution is -1.94. The Balaban J connectivity index is 3.18. The number of hydrogen-bond donors (Lipinski definition) is 0. The highest BCUT2D eigenvalue weighted by atomic mass is 16.1. The van der Waals surface area contributed by atoms with E-state index in [1.807, 2.05) is 0 Å². The molecule has 0 aliphatic rings. The van der Waals surface area contributed by atoms with E-state index in [9.17, 15) is 4.79 Å². The van der Waals surface area contributed by atoms with Crippen molar-refractivity contribution >= 4 is 6.29 Å². The second-order valence-corrected chi connectivity index (χ2v) is 3.95. The van der Waals surface area contributed by atoms with Gasteiger partial charge in [-0.15, -0.1) is 0 Å². The van der Waals surface area contributed by atoms with E-state index in [1.165, 1.54) is 25.2 Å². The van der Waals surface area contributed by atoms with Gasteiger partial charge in [0.05, 0.1) is 0 Å². The summed E-state index contributed by atoms with van der Waals surface area (Å²) >= 11 is 0. The first-order chi connectivity index (χ1) is 5.66. The number of aldehydes is 1. The maximum Gasteiger partial charge on any atom is 0.120 e. The average molecular weight is 169 g/mol. The second kappa shape index (κ2) is 7.33. The van der Waals surface area contributed by atoms with Crippen molar-refractivity contribution < 1.29 is 4.79 Å². The minimum Gasteiger partial charge on any atom is -0.303 e. The summed E-state index contributed by atoms with van der Waals surface area (Å²) in [5.41, 5.74) is 0. The van der Waals surface area contributed by atoms with Gasteiger partial charge < -0.3 is 4.79 Å². The third-order valence-corrected chi connectivity index (χ3v) is 2.07. The molecule has 0 heterocycles. The van der Waals surface area contributed by atoms with Gasteiger partial charge in [-0.2, -0.15) is 0 Å². The Morgan fingerprint density at radius 3 is 2.50 bits per heavy atom. The fourth-order valence-electron chi connectivity index (χ4n) is 1.24. The van der Waals surface area contributed by atoms with E-state index in [0.29, 0.717) is 6.42 Å². The third kappa shape index (κ3) is 7.77. The van der Waals surface area contributed by atoms with Crippen LogP contribution in [0.15, 0.2) is 0 Å². The monoisotopic (exact) mass is 169 g/mol. The van der Waals surface area contributed by atoms with Crippen LogP contribution in [0.3, 0.4) is 0 Å². The molecule has 0 aliphatic carbocycles. The van der Waals surface area contributed by atoms with E-state index in [-0.39, 0.29) is 0 Å². The fraction of sp³-hybridized carbons (Fsp3) is 0.818. The Morgan fingerprint density at radius 1 is 1.33 bits per heavy atom. The first-order valence-corrected chi connectivity index (χ1v) is 4.91. The lowest BCUT2D eigenvalue weighted by atomic mass is 9.96. The molecule has 0 bridgehead atoms. The molecular weight excluding hydrogens is 148 g/mol. The Hall–Kier alpha value is -0.330. The van der Waals surface area contributed by atoms with Gasteiger partial charge in [0.15, 0.2) is 0 Å². The topological polar surface area (TPSA) is 17.1 Å². The molecule has 0 saturated heterocycles. The molecule has 0 aromatic rings. The highest BCUT2D eigenvalue weighted by molar-refractivity contribution is 5.49. The number of carbonyl (C=O) groups excluding carboxylic acids is 1. The van der Waals surface area contributed by atoms with Crippen LogP contribution >= 0.6 is 0 Å². The van der Waals surface area contributed by atoms with Gasteiger partial charge in [0.25, 0.3) is 0 Å². The van der Waals surface area contributed by atoms with E-state index in [1.54, 1.807) is 0 Å². The molecule has 12 heavy (non-hydrogen) atoms. The fourth-order valence-corrected chi connectivity index (χ4v) is 1.24. The van der Waals surface area contributed by atoms with E-state index in [4.69, 9.17) is 0 Å². The number of hydrogen-bond acceptors (Lipinski definition) is 1. The first kappa shape index (κ1) is 11.7. The predicted octanol–water partition coefficient (Wildman–Crippen LogP) is 3.39. The van der Waals surface area contributed by atoms with Crippen LogP contribution in [-0.2, 0) is 4.79 Å². The van der Waals surface area contributed by atoms with Crippen molar-refractivity contribution in [3.8, 4) is 0 Å². The van der Waals surface area contributed by atoms with Crippen LogP contribution in [0.5, 0.6) is 0 Å². The zero-order chi connectivity index (χ0) is 9.40. The molecule has 0 atom stereocenters. The molecule has 0 amide bonds. The Kier molecular flexibility index (Phi) is 7.12. The largest absolute Gasteiger partial charge is 0.303 e. The van der Waals surface area contributed by atoms with Gasteiger partial charge in [0.2, 0.25) is 0 Å². The standard InChI is InChI=1S/C11H21O/c1-10(2)6-4-7-11(3)8-5-9-12/h9-10H,4-8H2,1-3H3. The summed E-state index contributed by atoms with van der Waals surface area (Å²) in [5.74, 6) is 2.28. The van der Waals surface area contributed by atoms with Gasteiger partial charge in [-0.1, -0.05) is 33.6 Å². The molecule has 71 valence electrons. The van der Waals surface area contributed by atoms with Crippen molar-refractivity contribution in [2.24, 2.45) is 5.92 Å². The summed E-state index contributed by atoms with van der Waals surface area (Å²) in [7, 11) is 0. The molecule has 0 aliphatic heterocycles. The van der Waals surface area contributed by atoms with Crippen LogP contribution in [-0.4, -0.2) is 6.29 Å². The summed E-state index contributed by atoms with van der Waals surface area (Å²) in [5, 5.41) is 0. The Bertz CT molecular complexity index is 108. The number of carbonyl (C=O) groups is 1. The smallest absolute Gasteiger partial charge is 0.120 e. The van der Waals surface area contributed by atoms with E-state index in [2.05, 4.69) is 20.8 Å². The second-order valence-electron chi connectivity index (χ2n) is 3.95. The lowest BCUT2D eigenvalue weighted by molar-refractivity contribution is -0.107. The molecule has 1 nitrogen and oxygen atoms in total. The number of rotatable bonds is 7. The van der Waals surface area contributed by atoms with Crippen LogP contribution in [0.1, 0.15) is 52.9 Å². The zero-order valence-corrected chi connectivity index (χ0v) is 8.60. The van der Waals surface area contributed by atoms with Crippen molar-refractivity contribution in [3.63, 3.8) is 0 Å². The average Bonchev–Trinajstić information content (AvgIpc) is 2.00. The Labute approximate surface area is 76.6 Å². The summed E-state index contributed by atoms with van der Waals surface area (Å²) in [6.07, 6.45) is 6.48. The van der Waals surface area contributed by atoms with Gasteiger partial charge in [0, 0.05) is 6.42 Å². The lowest BCUT2D eigenvalue weighted by Gasteiger charge is -2.09. The van der Waals surface area contributed by atoms with Gasteiger partial charge in [0.1, 0.15) is 6.29 Å². The molecule has 1 heteroatoms. The summed E-state index contributed by atoms with van der Waals surface area (Å²) in [4.78, 5) is 10.1. The third-order valence-electron chi connectivity index (χ3n) is 2.07. The highest BCUT2D eigenvalue weighted by Crippen LogP contribution is 2.17. The summed E-state index contributed by atoms with van der Waals surface area (Å²) < 4.78 is 0. The molecule has 0 N–H and O–H groups in total. The van der Waals surface area contributed by atoms with Gasteiger partial charge in [-0.25, -0.2) is 0 Å². The molecule has 0 unspecified atom stereocenters. The van der Waals surface area contributed by atoms with E-state index in [0.717, 1.165) is 18.6 Å². The van der Waals surface area contributed by atoms with Crippen LogP contribution in [0.4, 0.5) is 0 Å².